The molecule has 2 aromatic carbocycles. The van der Waals surface area contributed by atoms with E-state index in [1.54, 1.807) is 11.1 Å². The molecule has 0 bridgehead atoms. The average molecular weight is 359 g/mol. The Labute approximate surface area is 158 Å². The maximum Gasteiger partial charge on any atom is 0.273 e. The number of carbonyl (C=O) groups is 2. The van der Waals surface area contributed by atoms with E-state index in [-0.39, 0.29) is 11.8 Å². The number of piperazine rings is 1. The largest absolute Gasteiger partial charge is 0.335 e. The number of carbonyl (C=O) groups excluding carboxylic acids is 2. The molecule has 0 N–H and O–H groups in total. The molecule has 0 saturated carbocycles. The van der Waals surface area contributed by atoms with Gasteiger partial charge < -0.3 is 9.80 Å². The van der Waals surface area contributed by atoms with Crippen molar-refractivity contribution in [3.8, 4) is 0 Å². The van der Waals surface area contributed by atoms with Crippen molar-refractivity contribution in [2.75, 3.05) is 26.2 Å². The molecular formula is C22H21N3O2. The standard InChI is InChI=1S/C22H21N3O2/c1-16-6-8-18(9-7-16)21(26)24-12-14-25(15-13-24)22(27)20-19-5-3-2-4-17(19)10-11-23-20/h2-11H,12-15H2,1H3. The zero-order valence-electron chi connectivity index (χ0n) is 15.3. The molecule has 2 amide bonds. The maximum atomic E-state index is 13.0. The van der Waals surface area contributed by atoms with Gasteiger partial charge in [-0.1, -0.05) is 42.0 Å². The lowest BCUT2D eigenvalue weighted by atomic mass is 10.1. The highest BCUT2D eigenvalue weighted by atomic mass is 16.2. The summed E-state index contributed by atoms with van der Waals surface area (Å²) in [5.41, 5.74) is 2.30. The second-order valence-electron chi connectivity index (χ2n) is 6.83. The van der Waals surface area contributed by atoms with Gasteiger partial charge in [-0.25, -0.2) is 0 Å². The number of nitrogens with zero attached hydrogens (tertiary/aromatic N) is 3. The van der Waals surface area contributed by atoms with Crippen molar-refractivity contribution in [3.05, 3.63) is 77.6 Å². The molecule has 1 aromatic heterocycles. The van der Waals surface area contributed by atoms with E-state index in [4.69, 9.17) is 0 Å². The van der Waals surface area contributed by atoms with Crippen molar-refractivity contribution in [1.82, 2.24) is 14.8 Å². The lowest BCUT2D eigenvalue weighted by molar-refractivity contribution is 0.0533. The van der Waals surface area contributed by atoms with Crippen molar-refractivity contribution in [3.63, 3.8) is 0 Å². The topological polar surface area (TPSA) is 53.5 Å². The molecule has 0 radical (unpaired) electrons. The summed E-state index contributed by atoms with van der Waals surface area (Å²) >= 11 is 0. The van der Waals surface area contributed by atoms with E-state index in [9.17, 15) is 9.59 Å². The third-order valence-corrected chi connectivity index (χ3v) is 5.03. The summed E-state index contributed by atoms with van der Waals surface area (Å²) in [5.74, 6) is -0.0559. The van der Waals surface area contributed by atoms with Gasteiger partial charge in [-0.3, -0.25) is 14.6 Å². The van der Waals surface area contributed by atoms with Crippen LogP contribution in [0.15, 0.2) is 60.8 Å². The number of rotatable bonds is 2. The number of benzene rings is 2. The van der Waals surface area contributed by atoms with E-state index >= 15 is 0 Å². The summed E-state index contributed by atoms with van der Waals surface area (Å²) in [4.78, 5) is 33.5. The van der Waals surface area contributed by atoms with Gasteiger partial charge in [0.05, 0.1) is 0 Å². The summed E-state index contributed by atoms with van der Waals surface area (Å²) < 4.78 is 0. The molecule has 3 aromatic rings. The Morgan fingerprint density at radius 3 is 2.15 bits per heavy atom. The third-order valence-electron chi connectivity index (χ3n) is 5.03. The van der Waals surface area contributed by atoms with E-state index in [0.717, 1.165) is 16.3 Å². The highest BCUT2D eigenvalue weighted by Crippen LogP contribution is 2.19. The second kappa shape index (κ2) is 7.19. The smallest absolute Gasteiger partial charge is 0.273 e. The normalized spacial score (nSPS) is 14.4. The zero-order valence-corrected chi connectivity index (χ0v) is 15.3. The van der Waals surface area contributed by atoms with Crippen LogP contribution in [0.25, 0.3) is 10.8 Å². The van der Waals surface area contributed by atoms with Crippen LogP contribution >= 0.6 is 0 Å². The molecule has 2 heterocycles. The van der Waals surface area contributed by atoms with Crippen LogP contribution in [-0.2, 0) is 0 Å². The van der Waals surface area contributed by atoms with Gasteiger partial charge in [0.25, 0.3) is 11.8 Å². The van der Waals surface area contributed by atoms with Gasteiger partial charge in [-0.05, 0) is 30.5 Å². The van der Waals surface area contributed by atoms with Crippen LogP contribution < -0.4 is 0 Å². The molecular weight excluding hydrogens is 338 g/mol. The number of pyridine rings is 1. The predicted molar refractivity (Wildman–Crippen MR) is 105 cm³/mol. The summed E-state index contributed by atoms with van der Waals surface area (Å²) in [5, 5.41) is 1.87. The lowest BCUT2D eigenvalue weighted by Gasteiger charge is -2.34. The second-order valence-corrected chi connectivity index (χ2v) is 6.83. The third kappa shape index (κ3) is 3.40. The number of fused-ring (bicyclic) bond motifs is 1. The highest BCUT2D eigenvalue weighted by Gasteiger charge is 2.26. The SMILES string of the molecule is Cc1ccc(C(=O)N2CCN(C(=O)c3nccc4ccccc34)CC2)cc1. The maximum absolute atomic E-state index is 13.0. The molecule has 27 heavy (non-hydrogen) atoms. The van der Waals surface area contributed by atoms with Gasteiger partial charge in [-0.2, -0.15) is 0 Å². The number of aryl methyl sites for hydroxylation is 1. The number of aromatic nitrogens is 1. The van der Waals surface area contributed by atoms with Crippen LogP contribution in [0.3, 0.4) is 0 Å². The summed E-state index contributed by atoms with van der Waals surface area (Å²) in [7, 11) is 0. The van der Waals surface area contributed by atoms with Crippen molar-refractivity contribution in [2.45, 2.75) is 6.92 Å². The summed E-state index contributed by atoms with van der Waals surface area (Å²) in [6.45, 7) is 4.09. The molecule has 0 unspecified atom stereocenters. The molecule has 4 rings (SSSR count). The number of hydrogen-bond acceptors (Lipinski definition) is 3. The molecule has 1 aliphatic rings. The Morgan fingerprint density at radius 2 is 1.44 bits per heavy atom. The van der Waals surface area contributed by atoms with E-state index < -0.39 is 0 Å². The Balaban J connectivity index is 1.46. The van der Waals surface area contributed by atoms with Crippen LogP contribution in [-0.4, -0.2) is 52.8 Å². The first-order valence-corrected chi connectivity index (χ1v) is 9.12. The fraction of sp³-hybridized carbons (Fsp3) is 0.227. The van der Waals surface area contributed by atoms with E-state index in [0.29, 0.717) is 37.4 Å². The molecule has 5 heteroatoms. The minimum atomic E-state index is -0.0748. The fourth-order valence-electron chi connectivity index (χ4n) is 3.43. The monoisotopic (exact) mass is 359 g/mol. The van der Waals surface area contributed by atoms with Crippen molar-refractivity contribution in [1.29, 1.82) is 0 Å². The average Bonchev–Trinajstić information content (AvgIpc) is 2.73. The minimum absolute atomic E-state index is 0.0189. The Morgan fingerprint density at radius 1 is 0.815 bits per heavy atom. The van der Waals surface area contributed by atoms with Crippen LogP contribution in [0.4, 0.5) is 0 Å². The molecule has 1 aliphatic heterocycles. The number of amides is 2. The first-order valence-electron chi connectivity index (χ1n) is 9.12. The van der Waals surface area contributed by atoms with Crippen molar-refractivity contribution < 1.29 is 9.59 Å². The Kier molecular flexibility index (Phi) is 4.59. The van der Waals surface area contributed by atoms with E-state index in [2.05, 4.69) is 4.98 Å². The zero-order chi connectivity index (χ0) is 18.8. The molecule has 5 nitrogen and oxygen atoms in total. The first-order chi connectivity index (χ1) is 13.1. The summed E-state index contributed by atoms with van der Waals surface area (Å²) in [6, 6.07) is 17.3. The van der Waals surface area contributed by atoms with E-state index in [1.807, 2.05) is 66.4 Å². The Hall–Kier alpha value is -3.21. The van der Waals surface area contributed by atoms with Crippen LogP contribution in [0.2, 0.25) is 0 Å². The molecule has 0 atom stereocenters. The number of hydrogen-bond donors (Lipinski definition) is 0. The van der Waals surface area contributed by atoms with Crippen LogP contribution in [0.1, 0.15) is 26.4 Å². The van der Waals surface area contributed by atoms with Crippen molar-refractivity contribution in [2.24, 2.45) is 0 Å². The quantitative estimate of drug-likeness (QED) is 0.706. The minimum Gasteiger partial charge on any atom is -0.335 e. The first kappa shape index (κ1) is 17.2. The van der Waals surface area contributed by atoms with Gasteiger partial charge in [0.1, 0.15) is 5.69 Å². The van der Waals surface area contributed by atoms with Gasteiger partial charge in [0, 0.05) is 43.3 Å². The van der Waals surface area contributed by atoms with E-state index in [1.165, 1.54) is 0 Å². The molecule has 0 spiro atoms. The van der Waals surface area contributed by atoms with Gasteiger partial charge in [0.2, 0.25) is 0 Å². The Bertz CT molecular complexity index is 985. The molecule has 1 saturated heterocycles. The van der Waals surface area contributed by atoms with Crippen molar-refractivity contribution >= 4 is 22.6 Å². The highest BCUT2D eigenvalue weighted by molar-refractivity contribution is 6.05. The van der Waals surface area contributed by atoms with Crippen LogP contribution in [0, 0.1) is 6.92 Å². The predicted octanol–water partition coefficient (Wildman–Crippen LogP) is 3.14. The van der Waals surface area contributed by atoms with Gasteiger partial charge >= 0.3 is 0 Å². The van der Waals surface area contributed by atoms with Crippen LogP contribution in [0.5, 0.6) is 0 Å². The van der Waals surface area contributed by atoms with Gasteiger partial charge in [-0.15, -0.1) is 0 Å². The summed E-state index contributed by atoms with van der Waals surface area (Å²) in [6.07, 6.45) is 1.67. The fourth-order valence-corrected chi connectivity index (χ4v) is 3.43. The molecule has 1 fully saturated rings. The van der Waals surface area contributed by atoms with Gasteiger partial charge in [0.15, 0.2) is 0 Å². The lowest BCUT2D eigenvalue weighted by Crippen LogP contribution is -2.50. The molecule has 136 valence electrons. The molecule has 0 aliphatic carbocycles.